The third kappa shape index (κ3) is 10.4. The molecule has 18 heteroatoms. The molecule has 0 spiro atoms. The van der Waals surface area contributed by atoms with Crippen molar-refractivity contribution >= 4 is 46.0 Å². The Morgan fingerprint density at radius 2 is 1.62 bits per heavy atom. The molecule has 324 valence electrons. The fourth-order valence-electron chi connectivity index (χ4n) is 7.75. The maximum absolute atomic E-state index is 13.2. The van der Waals surface area contributed by atoms with E-state index in [4.69, 9.17) is 23.7 Å². The molecule has 2 aromatic heterocycles. The average Bonchev–Trinajstić information content (AvgIpc) is 3.68. The zero-order chi connectivity index (χ0) is 42.2. The Morgan fingerprint density at radius 3 is 2.36 bits per heavy atom. The zero-order valence-corrected chi connectivity index (χ0v) is 34.5. The third-order valence-electron chi connectivity index (χ3n) is 11.4. The van der Waals surface area contributed by atoms with Gasteiger partial charge in [0.2, 0.25) is 17.7 Å². The summed E-state index contributed by atoms with van der Waals surface area (Å²) < 4.78 is 28.7. The Hall–Kier alpha value is -5.69. The molecule has 61 heavy (non-hydrogen) atoms. The van der Waals surface area contributed by atoms with Crippen molar-refractivity contribution in [3.8, 4) is 17.1 Å². The summed E-state index contributed by atoms with van der Waals surface area (Å²) in [6.07, 6.45) is 4.54. The highest BCUT2D eigenvalue weighted by Gasteiger charge is 2.41. The number of piperazine rings is 1. The van der Waals surface area contributed by atoms with Gasteiger partial charge in [0.15, 0.2) is 0 Å². The highest BCUT2D eigenvalue weighted by Crippen LogP contribution is 2.41. The van der Waals surface area contributed by atoms with E-state index in [1.165, 1.54) is 0 Å². The van der Waals surface area contributed by atoms with Crippen LogP contribution in [0.2, 0.25) is 0 Å². The molecule has 2 aromatic carbocycles. The molecule has 18 nitrogen and oxygen atoms in total. The maximum Gasteiger partial charge on any atom is 0.257 e. The van der Waals surface area contributed by atoms with Gasteiger partial charge in [-0.25, -0.2) is 9.97 Å². The Kier molecular flexibility index (Phi) is 13.3. The topological polar surface area (TPSA) is 203 Å². The lowest BCUT2D eigenvalue weighted by molar-refractivity contribution is -0.137. The van der Waals surface area contributed by atoms with Crippen LogP contribution in [0.1, 0.15) is 54.9 Å². The molecule has 4 amide bonds. The van der Waals surface area contributed by atoms with E-state index in [0.29, 0.717) is 116 Å². The number of H-pyrrole nitrogens is 1. The number of amides is 4. The van der Waals surface area contributed by atoms with Crippen LogP contribution in [0.15, 0.2) is 48.8 Å². The zero-order valence-electron chi connectivity index (χ0n) is 34.5. The largest absolute Gasteiger partial charge is 0.488 e. The molecule has 8 rings (SSSR count). The molecule has 1 atom stereocenters. The summed E-state index contributed by atoms with van der Waals surface area (Å²) in [4.78, 5) is 64.7. The van der Waals surface area contributed by atoms with E-state index in [0.717, 1.165) is 52.3 Å². The summed E-state index contributed by atoms with van der Waals surface area (Å²) >= 11 is 0. The summed E-state index contributed by atoms with van der Waals surface area (Å²) in [6.45, 7) is 8.64. The number of aromatic amines is 1. The molecule has 4 aromatic rings. The number of piperidine rings is 1. The van der Waals surface area contributed by atoms with Gasteiger partial charge in [-0.15, -0.1) is 0 Å². The molecule has 1 saturated carbocycles. The summed E-state index contributed by atoms with van der Waals surface area (Å²) in [6, 6.07) is 12.9. The number of anilines is 2. The molecule has 0 bridgehead atoms. The fraction of sp³-hybridized carbons (Fsp3) is 0.512. The Balaban J connectivity index is 0.640. The van der Waals surface area contributed by atoms with Gasteiger partial charge in [-0.1, -0.05) is 12.1 Å². The molecule has 3 N–H and O–H groups in total. The lowest BCUT2D eigenvalue weighted by Gasteiger charge is -2.35. The van der Waals surface area contributed by atoms with E-state index >= 15 is 0 Å². The minimum atomic E-state index is -0.648. The summed E-state index contributed by atoms with van der Waals surface area (Å²) in [5, 5.41) is 14.2. The monoisotopic (exact) mass is 839 g/mol. The second-order valence-electron chi connectivity index (χ2n) is 15.8. The second-order valence-corrected chi connectivity index (χ2v) is 15.8. The van der Waals surface area contributed by atoms with Gasteiger partial charge in [-0.05, 0) is 56.0 Å². The number of aromatic nitrogens is 4. The van der Waals surface area contributed by atoms with Crippen LogP contribution in [0.25, 0.3) is 22.3 Å². The number of ether oxygens (including phenoxy) is 5. The van der Waals surface area contributed by atoms with Crippen molar-refractivity contribution in [2.45, 2.75) is 57.2 Å². The smallest absolute Gasteiger partial charge is 0.257 e. The van der Waals surface area contributed by atoms with Gasteiger partial charge in [-0.3, -0.25) is 29.6 Å². The first-order valence-electron chi connectivity index (χ1n) is 21.1. The minimum Gasteiger partial charge on any atom is -0.488 e. The van der Waals surface area contributed by atoms with Crippen molar-refractivity contribution in [1.29, 1.82) is 0 Å². The molecule has 2 saturated heterocycles. The van der Waals surface area contributed by atoms with Crippen molar-refractivity contribution in [2.24, 2.45) is 0 Å². The van der Waals surface area contributed by atoms with Crippen LogP contribution in [-0.2, 0) is 39.9 Å². The van der Waals surface area contributed by atoms with Crippen LogP contribution in [0.3, 0.4) is 0 Å². The van der Waals surface area contributed by atoms with Crippen molar-refractivity contribution in [2.75, 3.05) is 95.8 Å². The summed E-state index contributed by atoms with van der Waals surface area (Å²) in [5.41, 5.74) is 4.41. The predicted molar refractivity (Wildman–Crippen MR) is 223 cm³/mol. The highest BCUT2D eigenvalue weighted by molar-refractivity contribution is 6.07. The van der Waals surface area contributed by atoms with Gasteiger partial charge in [0, 0.05) is 62.8 Å². The number of fused-ring (bicyclic) bond motifs is 2. The number of carbonyl (C=O) groups excluding carboxylic acids is 4. The van der Waals surface area contributed by atoms with Crippen LogP contribution in [-0.4, -0.2) is 151 Å². The number of benzene rings is 2. The van der Waals surface area contributed by atoms with Crippen molar-refractivity contribution in [3.63, 3.8) is 0 Å². The molecule has 1 aliphatic carbocycles. The quantitative estimate of drug-likeness (QED) is 0.0817. The molecule has 0 radical (unpaired) electrons. The number of nitrogens with one attached hydrogen (secondary N) is 3. The summed E-state index contributed by atoms with van der Waals surface area (Å²) in [7, 11) is 0. The number of rotatable bonds is 21. The van der Waals surface area contributed by atoms with E-state index in [-0.39, 0.29) is 29.7 Å². The van der Waals surface area contributed by atoms with Gasteiger partial charge >= 0.3 is 0 Å². The number of hydrogen-bond donors (Lipinski definition) is 3. The molecule has 3 aliphatic heterocycles. The Labute approximate surface area is 353 Å². The van der Waals surface area contributed by atoms with E-state index in [1.54, 1.807) is 11.2 Å². The van der Waals surface area contributed by atoms with E-state index in [2.05, 4.69) is 42.6 Å². The average molecular weight is 840 g/mol. The van der Waals surface area contributed by atoms with Crippen molar-refractivity contribution in [3.05, 3.63) is 59.9 Å². The molecule has 4 aliphatic rings. The van der Waals surface area contributed by atoms with Crippen LogP contribution in [0, 0.1) is 0 Å². The maximum atomic E-state index is 13.2. The highest BCUT2D eigenvalue weighted by atomic mass is 16.6. The molecular weight excluding hydrogens is 787 g/mol. The predicted octanol–water partition coefficient (Wildman–Crippen LogP) is 2.93. The van der Waals surface area contributed by atoms with Crippen LogP contribution >= 0.6 is 0 Å². The Bertz CT molecular complexity index is 2200. The van der Waals surface area contributed by atoms with Crippen molar-refractivity contribution < 1.29 is 42.9 Å². The van der Waals surface area contributed by atoms with Gasteiger partial charge in [0.25, 0.3) is 5.91 Å². The van der Waals surface area contributed by atoms with E-state index < -0.39 is 11.9 Å². The van der Waals surface area contributed by atoms with Gasteiger partial charge in [-0.2, -0.15) is 5.10 Å². The third-order valence-corrected chi connectivity index (χ3v) is 11.4. The molecule has 5 heterocycles. The van der Waals surface area contributed by atoms with Crippen molar-refractivity contribution in [1.82, 2.24) is 35.3 Å². The first kappa shape index (κ1) is 42.0. The Morgan fingerprint density at radius 1 is 0.885 bits per heavy atom. The standard InChI is InChI=1S/C43H53N9O9/c1-43(10-11-43)61-30-5-6-32-31(25-30)40(49-48-32)34-26-36(46-28-45-34)50-13-15-51(16-14-50)38(54)9-17-57-19-21-59-23-24-60-22-20-58-18-12-44-33-4-2-3-29-27-52(42(56)39(29)33)35-7-8-37(53)47-41(35)55/h2-6,25-26,28,35,44H,7-24,27H2,1H3,(H,48,49)(H,47,53,55). The number of carbonyl (C=O) groups is 4. The normalized spacial score (nSPS) is 18.4. The lowest BCUT2D eigenvalue weighted by atomic mass is 10.0. The summed E-state index contributed by atoms with van der Waals surface area (Å²) in [5.74, 6) is 0.739. The van der Waals surface area contributed by atoms with Gasteiger partial charge in [0.1, 0.15) is 35.2 Å². The van der Waals surface area contributed by atoms with Crippen LogP contribution in [0.5, 0.6) is 5.75 Å². The first-order chi connectivity index (χ1) is 29.7. The number of nitrogens with zero attached hydrogens (tertiary/aromatic N) is 6. The van der Waals surface area contributed by atoms with E-state index in [1.807, 2.05) is 47.4 Å². The minimum absolute atomic E-state index is 0.0634. The molecule has 1 unspecified atom stereocenters. The SMILES string of the molecule is CC1(Oc2ccc3[nH]nc(-c4cc(N5CCN(C(=O)CCOCCOCCOCCOCCNc6cccc7c6C(=O)N(C6CCC(=O)NC6=O)C7)CC5)ncn4)c3c2)CC1. The second kappa shape index (κ2) is 19.4. The molecular formula is C43H53N9O9. The van der Waals surface area contributed by atoms with Crippen LogP contribution in [0.4, 0.5) is 11.5 Å². The van der Waals surface area contributed by atoms with Crippen LogP contribution < -0.4 is 20.3 Å². The lowest BCUT2D eigenvalue weighted by Crippen LogP contribution is -2.52. The van der Waals surface area contributed by atoms with Gasteiger partial charge in [0.05, 0.1) is 76.0 Å². The fourth-order valence-corrected chi connectivity index (χ4v) is 7.75. The van der Waals surface area contributed by atoms with E-state index in [9.17, 15) is 19.2 Å². The number of imide groups is 1. The van der Waals surface area contributed by atoms with Gasteiger partial charge < -0.3 is 43.7 Å². The number of hydrogen-bond acceptors (Lipinski definition) is 14. The molecule has 3 fully saturated rings. The first-order valence-corrected chi connectivity index (χ1v) is 21.1.